The van der Waals surface area contributed by atoms with E-state index in [1.165, 1.54) is 4.68 Å². The third-order valence-corrected chi connectivity index (χ3v) is 4.69. The Hall–Kier alpha value is -1.04. The fourth-order valence-corrected chi connectivity index (χ4v) is 3.19. The number of ketones is 1. The molecule has 7 heteroatoms. The van der Waals surface area contributed by atoms with E-state index in [9.17, 15) is 18.0 Å². The number of hydrogen-bond acceptors (Lipinski definition) is 2. The van der Waals surface area contributed by atoms with Gasteiger partial charge in [-0.1, -0.05) is 18.0 Å². The number of aromatic nitrogens is 2. The van der Waals surface area contributed by atoms with Gasteiger partial charge < -0.3 is 0 Å². The van der Waals surface area contributed by atoms with Gasteiger partial charge in [-0.25, -0.2) is 0 Å². The van der Waals surface area contributed by atoms with Crippen LogP contribution in [0.25, 0.3) is 0 Å². The Morgan fingerprint density at radius 2 is 2.10 bits per heavy atom. The Kier molecular flexibility index (Phi) is 4.66. The van der Waals surface area contributed by atoms with Crippen molar-refractivity contribution in [1.82, 2.24) is 9.78 Å². The fourth-order valence-electron chi connectivity index (χ4n) is 2.96. The van der Waals surface area contributed by atoms with Gasteiger partial charge in [0.05, 0.1) is 28.7 Å². The monoisotopic (exact) mass is 322 g/mol. The molecule has 1 fully saturated rings. The lowest BCUT2D eigenvalue weighted by Crippen LogP contribution is -2.32. The molecule has 2 rings (SSSR count). The van der Waals surface area contributed by atoms with Crippen molar-refractivity contribution >= 4 is 17.4 Å². The molecule has 2 atom stereocenters. The van der Waals surface area contributed by atoms with Gasteiger partial charge in [-0.2, -0.15) is 18.3 Å². The van der Waals surface area contributed by atoms with E-state index in [0.29, 0.717) is 29.3 Å². The smallest absolute Gasteiger partial charge is 0.299 e. The number of alkyl halides is 3. The number of Topliss-reactive ketones (excluding diaryl/α,β-unsaturated/α-hetero) is 1. The first-order valence-corrected chi connectivity index (χ1v) is 7.35. The first-order valence-electron chi connectivity index (χ1n) is 6.97. The van der Waals surface area contributed by atoms with Gasteiger partial charge in [-0.05, 0) is 26.2 Å². The summed E-state index contributed by atoms with van der Waals surface area (Å²) in [5.74, 6) is -2.06. The molecule has 1 aromatic rings. The van der Waals surface area contributed by atoms with Crippen LogP contribution >= 0.6 is 11.6 Å². The van der Waals surface area contributed by atoms with Crippen molar-refractivity contribution in [1.29, 1.82) is 0 Å². The molecular formula is C14H18ClF3N2O. The van der Waals surface area contributed by atoms with Crippen LogP contribution < -0.4 is 0 Å². The summed E-state index contributed by atoms with van der Waals surface area (Å²) in [6.45, 7) is 1.73. The van der Waals surface area contributed by atoms with Gasteiger partial charge in [-0.15, -0.1) is 0 Å². The second kappa shape index (κ2) is 5.99. The Bertz CT molecular complexity index is 539. The van der Waals surface area contributed by atoms with Gasteiger partial charge in [0, 0.05) is 13.0 Å². The molecule has 0 amide bonds. The molecule has 1 aliphatic carbocycles. The lowest BCUT2D eigenvalue weighted by Gasteiger charge is -2.29. The molecule has 1 aliphatic rings. The topological polar surface area (TPSA) is 34.9 Å². The lowest BCUT2D eigenvalue weighted by molar-refractivity contribution is -0.186. The Labute approximate surface area is 126 Å². The predicted molar refractivity (Wildman–Crippen MR) is 73.2 cm³/mol. The van der Waals surface area contributed by atoms with Crippen LogP contribution in [-0.4, -0.2) is 21.7 Å². The predicted octanol–water partition coefficient (Wildman–Crippen LogP) is 3.86. The number of halogens is 4. The summed E-state index contributed by atoms with van der Waals surface area (Å²) in [7, 11) is 1.68. The summed E-state index contributed by atoms with van der Waals surface area (Å²) in [4.78, 5) is 12.3. The highest BCUT2D eigenvalue weighted by atomic mass is 35.5. The molecule has 0 aromatic carbocycles. The third kappa shape index (κ3) is 3.59. The van der Waals surface area contributed by atoms with Crippen molar-refractivity contribution in [3.8, 4) is 0 Å². The summed E-state index contributed by atoms with van der Waals surface area (Å²) in [6.07, 6.45) is -3.17. The highest BCUT2D eigenvalue weighted by molar-refractivity contribution is 6.32. The van der Waals surface area contributed by atoms with Gasteiger partial charge in [0.2, 0.25) is 0 Å². The lowest BCUT2D eigenvalue weighted by atomic mass is 9.78. The second-order valence-corrected chi connectivity index (χ2v) is 6.09. The van der Waals surface area contributed by atoms with Crippen molar-refractivity contribution < 1.29 is 18.0 Å². The van der Waals surface area contributed by atoms with Crippen molar-refractivity contribution in [2.24, 2.45) is 18.9 Å². The number of carbonyl (C=O) groups excluding carboxylic acids is 1. The molecule has 2 unspecified atom stereocenters. The van der Waals surface area contributed by atoms with E-state index in [1.54, 1.807) is 14.0 Å². The van der Waals surface area contributed by atoms with Gasteiger partial charge in [0.15, 0.2) is 0 Å². The summed E-state index contributed by atoms with van der Waals surface area (Å²) >= 11 is 6.08. The summed E-state index contributed by atoms with van der Waals surface area (Å²) in [6, 6.07) is 0. The van der Waals surface area contributed by atoms with Crippen molar-refractivity contribution in [3.63, 3.8) is 0 Å². The average Bonchev–Trinajstić information content (AvgIpc) is 2.64. The summed E-state index contributed by atoms with van der Waals surface area (Å²) in [5, 5.41) is 4.54. The number of nitrogens with zero attached hydrogens (tertiary/aromatic N) is 2. The van der Waals surface area contributed by atoms with E-state index >= 15 is 0 Å². The molecule has 0 aliphatic heterocycles. The minimum atomic E-state index is -4.21. The molecule has 0 bridgehead atoms. The molecular weight excluding hydrogens is 305 g/mol. The molecule has 0 N–H and O–H groups in total. The molecule has 118 valence electrons. The van der Waals surface area contributed by atoms with E-state index in [4.69, 9.17) is 11.6 Å². The highest BCUT2D eigenvalue weighted by Gasteiger charge is 2.43. The molecule has 1 saturated carbocycles. The third-order valence-electron chi connectivity index (χ3n) is 4.20. The zero-order chi connectivity index (χ0) is 15.8. The SMILES string of the molecule is Cc1nn(C)c(CC(=O)C2CCCC(C(F)(F)F)C2)c1Cl. The first-order chi connectivity index (χ1) is 9.70. The van der Waals surface area contributed by atoms with Crippen molar-refractivity contribution in [2.75, 3.05) is 0 Å². The molecule has 0 spiro atoms. The van der Waals surface area contributed by atoms with E-state index in [-0.39, 0.29) is 25.0 Å². The van der Waals surface area contributed by atoms with E-state index < -0.39 is 18.0 Å². The fraction of sp³-hybridized carbons (Fsp3) is 0.714. The molecule has 1 aromatic heterocycles. The Morgan fingerprint density at radius 1 is 1.43 bits per heavy atom. The maximum Gasteiger partial charge on any atom is 0.391 e. The van der Waals surface area contributed by atoms with Gasteiger partial charge >= 0.3 is 6.18 Å². The second-order valence-electron chi connectivity index (χ2n) is 5.71. The minimum absolute atomic E-state index is 0.0470. The van der Waals surface area contributed by atoms with Gasteiger partial charge in [-0.3, -0.25) is 9.48 Å². The zero-order valence-corrected chi connectivity index (χ0v) is 12.8. The van der Waals surface area contributed by atoms with Crippen LogP contribution in [-0.2, 0) is 18.3 Å². The zero-order valence-electron chi connectivity index (χ0n) is 12.0. The largest absolute Gasteiger partial charge is 0.391 e. The number of aryl methyl sites for hydroxylation is 2. The van der Waals surface area contributed by atoms with Crippen LogP contribution in [0.3, 0.4) is 0 Å². The average molecular weight is 323 g/mol. The standard InChI is InChI=1S/C14H18ClF3N2O/c1-8-13(15)11(20(2)19-8)7-12(21)9-4-3-5-10(6-9)14(16,17)18/h9-10H,3-7H2,1-2H3. The van der Waals surface area contributed by atoms with Gasteiger partial charge in [0.25, 0.3) is 0 Å². The quantitative estimate of drug-likeness (QED) is 0.847. The van der Waals surface area contributed by atoms with Crippen molar-refractivity contribution in [3.05, 3.63) is 16.4 Å². The minimum Gasteiger partial charge on any atom is -0.299 e. The van der Waals surface area contributed by atoms with Crippen LogP contribution in [0.15, 0.2) is 0 Å². The van der Waals surface area contributed by atoms with E-state index in [2.05, 4.69) is 5.10 Å². The highest BCUT2D eigenvalue weighted by Crippen LogP contribution is 2.40. The van der Waals surface area contributed by atoms with Crippen LogP contribution in [0.2, 0.25) is 5.02 Å². The molecule has 3 nitrogen and oxygen atoms in total. The van der Waals surface area contributed by atoms with Crippen LogP contribution in [0, 0.1) is 18.8 Å². The molecule has 1 heterocycles. The summed E-state index contributed by atoms with van der Waals surface area (Å²) in [5.41, 5.74) is 1.20. The normalized spacial score (nSPS) is 23.3. The van der Waals surface area contributed by atoms with Gasteiger partial charge in [0.1, 0.15) is 5.78 Å². The number of rotatable bonds is 3. The van der Waals surface area contributed by atoms with E-state index in [0.717, 1.165) is 0 Å². The van der Waals surface area contributed by atoms with Crippen molar-refractivity contribution in [2.45, 2.75) is 45.2 Å². The maximum absolute atomic E-state index is 12.8. The van der Waals surface area contributed by atoms with Crippen LogP contribution in [0.5, 0.6) is 0 Å². The van der Waals surface area contributed by atoms with Crippen LogP contribution in [0.1, 0.15) is 37.1 Å². The molecule has 0 radical (unpaired) electrons. The van der Waals surface area contributed by atoms with Crippen LogP contribution in [0.4, 0.5) is 13.2 Å². The summed E-state index contributed by atoms with van der Waals surface area (Å²) < 4.78 is 39.9. The number of carbonyl (C=O) groups is 1. The Morgan fingerprint density at radius 3 is 2.62 bits per heavy atom. The maximum atomic E-state index is 12.8. The first kappa shape index (κ1) is 16.3. The molecule has 21 heavy (non-hydrogen) atoms. The Balaban J connectivity index is 2.06. The molecule has 0 saturated heterocycles. The van der Waals surface area contributed by atoms with E-state index in [1.807, 2.05) is 0 Å². The number of hydrogen-bond donors (Lipinski definition) is 0.